The lowest BCUT2D eigenvalue weighted by Crippen LogP contribution is -2.21. The SMILES string of the molecule is CC(=O)Oc1c(C)nc(NCC(=O)CCCCCc2ccccc2)[nH]c1=O. The molecule has 1 aromatic heterocycles. The number of aryl methyl sites for hydroxylation is 2. The molecule has 0 fully saturated rings. The minimum Gasteiger partial charge on any atom is -0.419 e. The first-order valence-corrected chi connectivity index (χ1v) is 9.04. The monoisotopic (exact) mass is 371 g/mol. The molecule has 1 heterocycles. The van der Waals surface area contributed by atoms with Crippen molar-refractivity contribution in [1.29, 1.82) is 0 Å². The van der Waals surface area contributed by atoms with Crippen molar-refractivity contribution in [3.63, 3.8) is 0 Å². The van der Waals surface area contributed by atoms with Crippen LogP contribution in [-0.2, 0) is 16.0 Å². The van der Waals surface area contributed by atoms with E-state index in [1.54, 1.807) is 6.92 Å². The first kappa shape index (κ1) is 20.4. The fourth-order valence-corrected chi connectivity index (χ4v) is 2.67. The van der Waals surface area contributed by atoms with Crippen LogP contribution in [0.4, 0.5) is 5.95 Å². The quantitative estimate of drug-likeness (QED) is 0.492. The van der Waals surface area contributed by atoms with Gasteiger partial charge in [-0.25, -0.2) is 4.98 Å². The van der Waals surface area contributed by atoms with Gasteiger partial charge >= 0.3 is 5.97 Å². The molecule has 0 atom stereocenters. The Morgan fingerprint density at radius 1 is 1.15 bits per heavy atom. The summed E-state index contributed by atoms with van der Waals surface area (Å²) in [5, 5.41) is 2.82. The third-order valence-electron chi connectivity index (χ3n) is 4.01. The second-order valence-corrected chi connectivity index (χ2v) is 6.36. The molecule has 0 bridgehead atoms. The number of carbonyl (C=O) groups excluding carboxylic acids is 2. The Morgan fingerprint density at radius 2 is 1.89 bits per heavy atom. The Morgan fingerprint density at radius 3 is 2.56 bits per heavy atom. The van der Waals surface area contributed by atoms with Crippen LogP contribution in [0.3, 0.4) is 0 Å². The van der Waals surface area contributed by atoms with Crippen molar-refractivity contribution < 1.29 is 14.3 Å². The van der Waals surface area contributed by atoms with Crippen LogP contribution in [0, 0.1) is 6.92 Å². The number of rotatable bonds is 10. The van der Waals surface area contributed by atoms with Crippen LogP contribution in [0.5, 0.6) is 5.75 Å². The molecule has 2 N–H and O–H groups in total. The van der Waals surface area contributed by atoms with Gasteiger partial charge in [0.05, 0.1) is 12.2 Å². The van der Waals surface area contributed by atoms with Crippen molar-refractivity contribution in [3.05, 3.63) is 51.9 Å². The molecule has 0 aliphatic rings. The van der Waals surface area contributed by atoms with Crippen molar-refractivity contribution in [2.75, 3.05) is 11.9 Å². The summed E-state index contributed by atoms with van der Waals surface area (Å²) in [6, 6.07) is 10.3. The number of benzene rings is 1. The predicted octanol–water partition coefficient (Wildman–Crippen LogP) is 2.79. The van der Waals surface area contributed by atoms with E-state index < -0.39 is 11.5 Å². The molecule has 2 aromatic rings. The Balaban J connectivity index is 1.70. The van der Waals surface area contributed by atoms with Gasteiger partial charge in [0.25, 0.3) is 5.56 Å². The summed E-state index contributed by atoms with van der Waals surface area (Å²) in [6.07, 6.45) is 4.38. The second kappa shape index (κ2) is 10.3. The molecule has 0 aliphatic heterocycles. The number of ketones is 1. The molecule has 0 saturated carbocycles. The molecule has 2 rings (SSSR count). The number of Topliss-reactive ketones (excluding diaryl/α,β-unsaturated/α-hetero) is 1. The number of nitrogens with zero attached hydrogens (tertiary/aromatic N) is 1. The largest absolute Gasteiger partial charge is 0.419 e. The number of hydrogen-bond donors (Lipinski definition) is 2. The smallest absolute Gasteiger partial charge is 0.308 e. The fourth-order valence-electron chi connectivity index (χ4n) is 2.67. The van der Waals surface area contributed by atoms with E-state index in [4.69, 9.17) is 4.74 Å². The zero-order valence-corrected chi connectivity index (χ0v) is 15.7. The summed E-state index contributed by atoms with van der Waals surface area (Å²) in [5.41, 5.74) is 1.03. The number of aromatic amines is 1. The number of hydrogen-bond acceptors (Lipinski definition) is 6. The molecule has 27 heavy (non-hydrogen) atoms. The van der Waals surface area contributed by atoms with Crippen LogP contribution in [0.2, 0.25) is 0 Å². The van der Waals surface area contributed by atoms with Crippen molar-refractivity contribution >= 4 is 17.7 Å². The molecular formula is C20H25N3O4. The third kappa shape index (κ3) is 7.05. The molecule has 0 amide bonds. The van der Waals surface area contributed by atoms with Crippen molar-refractivity contribution in [1.82, 2.24) is 9.97 Å². The van der Waals surface area contributed by atoms with Gasteiger partial charge in [0.2, 0.25) is 11.7 Å². The molecule has 1 aromatic carbocycles. The summed E-state index contributed by atoms with van der Waals surface area (Å²) >= 11 is 0. The number of H-pyrrole nitrogens is 1. The van der Waals surface area contributed by atoms with Crippen molar-refractivity contribution in [3.8, 4) is 5.75 Å². The van der Waals surface area contributed by atoms with E-state index in [9.17, 15) is 14.4 Å². The minimum atomic E-state index is -0.589. The molecule has 0 unspecified atom stereocenters. The van der Waals surface area contributed by atoms with E-state index in [0.717, 1.165) is 25.7 Å². The Bertz CT molecular complexity index is 831. The molecule has 144 valence electrons. The standard InChI is InChI=1S/C20H25N3O4/c1-14-18(27-15(2)24)19(26)23-20(22-14)21-13-17(25)12-8-4-7-11-16-9-5-3-6-10-16/h3,5-6,9-10H,4,7-8,11-13H2,1-2H3,(H2,21,22,23,26). The van der Waals surface area contributed by atoms with E-state index in [1.165, 1.54) is 12.5 Å². The van der Waals surface area contributed by atoms with Crippen LogP contribution < -0.4 is 15.6 Å². The van der Waals surface area contributed by atoms with Gasteiger partial charge in [-0.15, -0.1) is 0 Å². The topological polar surface area (TPSA) is 101 Å². The van der Waals surface area contributed by atoms with Gasteiger partial charge in [-0.1, -0.05) is 36.8 Å². The highest BCUT2D eigenvalue weighted by molar-refractivity contribution is 5.82. The molecule has 7 heteroatoms. The van der Waals surface area contributed by atoms with E-state index in [-0.39, 0.29) is 29.7 Å². The first-order chi connectivity index (χ1) is 13.0. The number of carbonyl (C=O) groups is 2. The van der Waals surface area contributed by atoms with E-state index >= 15 is 0 Å². The van der Waals surface area contributed by atoms with Crippen molar-refractivity contribution in [2.45, 2.75) is 46.0 Å². The van der Waals surface area contributed by atoms with E-state index in [0.29, 0.717) is 6.42 Å². The number of anilines is 1. The predicted molar refractivity (Wildman–Crippen MR) is 103 cm³/mol. The Hall–Kier alpha value is -2.96. The molecule has 0 spiro atoms. The average Bonchev–Trinajstić information content (AvgIpc) is 2.63. The van der Waals surface area contributed by atoms with Gasteiger partial charge in [0.15, 0.2) is 5.78 Å². The average molecular weight is 371 g/mol. The lowest BCUT2D eigenvalue weighted by Gasteiger charge is -2.08. The molecule has 0 saturated heterocycles. The van der Waals surface area contributed by atoms with Gasteiger partial charge in [0, 0.05) is 13.3 Å². The Kier molecular flexibility index (Phi) is 7.73. The third-order valence-corrected chi connectivity index (χ3v) is 4.01. The van der Waals surface area contributed by atoms with Crippen LogP contribution in [0.1, 0.15) is 43.9 Å². The summed E-state index contributed by atoms with van der Waals surface area (Å²) in [4.78, 5) is 41.4. The van der Waals surface area contributed by atoms with Crippen LogP contribution in [-0.4, -0.2) is 28.3 Å². The zero-order valence-electron chi connectivity index (χ0n) is 15.7. The highest BCUT2D eigenvalue weighted by Gasteiger charge is 2.12. The summed E-state index contributed by atoms with van der Waals surface area (Å²) < 4.78 is 4.82. The number of ether oxygens (including phenoxy) is 1. The van der Waals surface area contributed by atoms with Crippen LogP contribution >= 0.6 is 0 Å². The normalized spacial score (nSPS) is 10.4. The number of aromatic nitrogens is 2. The highest BCUT2D eigenvalue weighted by atomic mass is 16.5. The van der Waals surface area contributed by atoms with Gasteiger partial charge in [-0.2, -0.15) is 0 Å². The zero-order chi connectivity index (χ0) is 19.6. The number of unbranched alkanes of at least 4 members (excludes halogenated alkanes) is 2. The molecule has 0 radical (unpaired) electrons. The minimum absolute atomic E-state index is 0.0547. The van der Waals surface area contributed by atoms with Gasteiger partial charge in [0.1, 0.15) is 0 Å². The van der Waals surface area contributed by atoms with E-state index in [2.05, 4.69) is 27.4 Å². The van der Waals surface area contributed by atoms with Gasteiger partial charge < -0.3 is 10.1 Å². The maximum atomic E-state index is 12.0. The molecular weight excluding hydrogens is 346 g/mol. The second-order valence-electron chi connectivity index (χ2n) is 6.36. The lowest BCUT2D eigenvalue weighted by molar-refractivity contribution is -0.132. The molecule has 0 aliphatic carbocycles. The lowest BCUT2D eigenvalue weighted by atomic mass is 10.1. The number of nitrogens with one attached hydrogen (secondary N) is 2. The number of esters is 1. The van der Waals surface area contributed by atoms with Crippen LogP contribution in [0.15, 0.2) is 35.1 Å². The molecule has 7 nitrogen and oxygen atoms in total. The Labute approximate surface area is 158 Å². The summed E-state index contributed by atoms with van der Waals surface area (Å²) in [5.74, 6) is -0.476. The van der Waals surface area contributed by atoms with Gasteiger partial charge in [-0.3, -0.25) is 19.4 Å². The maximum absolute atomic E-state index is 12.0. The first-order valence-electron chi connectivity index (χ1n) is 9.04. The van der Waals surface area contributed by atoms with Crippen LogP contribution in [0.25, 0.3) is 0 Å². The summed E-state index contributed by atoms with van der Waals surface area (Å²) in [7, 11) is 0. The highest BCUT2D eigenvalue weighted by Crippen LogP contribution is 2.11. The maximum Gasteiger partial charge on any atom is 0.308 e. The van der Waals surface area contributed by atoms with Crippen molar-refractivity contribution in [2.24, 2.45) is 0 Å². The summed E-state index contributed by atoms with van der Waals surface area (Å²) in [6.45, 7) is 2.87. The van der Waals surface area contributed by atoms with Gasteiger partial charge in [-0.05, 0) is 31.7 Å². The van der Waals surface area contributed by atoms with E-state index in [1.807, 2.05) is 18.2 Å². The fraction of sp³-hybridized carbons (Fsp3) is 0.400.